The summed E-state index contributed by atoms with van der Waals surface area (Å²) in [4.78, 5) is 53.9. The van der Waals surface area contributed by atoms with Crippen molar-refractivity contribution < 1.29 is 32.4 Å². The number of pyridine rings is 1. The average Bonchev–Trinajstić information content (AvgIpc) is 3.80. The van der Waals surface area contributed by atoms with Gasteiger partial charge < -0.3 is 24.3 Å². The number of nitrogens with zero attached hydrogens (tertiary/aromatic N) is 6. The Bertz CT molecular complexity index is 2870. The minimum Gasteiger partial charge on any atom is -0.493 e. The molecule has 0 saturated carbocycles. The summed E-state index contributed by atoms with van der Waals surface area (Å²) in [5.41, 5.74) is 5.59. The predicted octanol–water partition coefficient (Wildman–Crippen LogP) is 7.93. The second kappa shape index (κ2) is 19.5. The van der Waals surface area contributed by atoms with Crippen LogP contribution in [0.3, 0.4) is 0 Å². The van der Waals surface area contributed by atoms with Gasteiger partial charge in [0.15, 0.2) is 0 Å². The highest BCUT2D eigenvalue weighted by Gasteiger charge is 2.34. The average molecular weight is 966 g/mol. The number of ether oxygens (including phenoxy) is 2. The molecule has 2 amide bonds. The van der Waals surface area contributed by atoms with Crippen molar-refractivity contribution in [3.05, 3.63) is 117 Å². The topological polar surface area (TPSA) is 184 Å². The van der Waals surface area contributed by atoms with Gasteiger partial charge in [0.2, 0.25) is 5.91 Å². The maximum Gasteiger partial charge on any atom is 0.277 e. The van der Waals surface area contributed by atoms with Crippen LogP contribution in [0.5, 0.6) is 17.2 Å². The van der Waals surface area contributed by atoms with Gasteiger partial charge in [0.25, 0.3) is 21.6 Å². The number of nitrogens with one attached hydrogen (secondary N) is 2. The van der Waals surface area contributed by atoms with E-state index in [9.17, 15) is 28.1 Å². The quantitative estimate of drug-likeness (QED) is 0.0860. The maximum atomic E-state index is 14.1. The van der Waals surface area contributed by atoms with E-state index in [1.165, 1.54) is 35.0 Å². The zero-order chi connectivity index (χ0) is 47.7. The van der Waals surface area contributed by atoms with Crippen LogP contribution in [0.4, 0.5) is 11.4 Å². The number of halogens is 1. The van der Waals surface area contributed by atoms with Crippen molar-refractivity contribution in [1.29, 1.82) is 0 Å². The minimum absolute atomic E-state index is 0.0570. The molecule has 0 spiro atoms. The number of carbonyl (C=O) groups excluding carboxylic acids is 2. The van der Waals surface area contributed by atoms with Gasteiger partial charge in [-0.2, -0.15) is 0 Å². The first kappa shape index (κ1) is 47.1. The zero-order valence-electron chi connectivity index (χ0n) is 38.6. The lowest BCUT2D eigenvalue weighted by atomic mass is 9.72. The van der Waals surface area contributed by atoms with E-state index >= 15 is 0 Å². The fourth-order valence-corrected chi connectivity index (χ4v) is 11.0. The number of aromatic amines is 1. The number of aromatic nitrogens is 2. The van der Waals surface area contributed by atoms with Crippen LogP contribution >= 0.6 is 11.6 Å². The lowest BCUT2D eigenvalue weighted by Crippen LogP contribution is -2.50. The Morgan fingerprint density at radius 2 is 1.74 bits per heavy atom. The van der Waals surface area contributed by atoms with Crippen LogP contribution in [-0.2, 0) is 21.2 Å². The molecule has 1 aliphatic carbocycles. The van der Waals surface area contributed by atoms with E-state index in [0.29, 0.717) is 75.6 Å². The van der Waals surface area contributed by atoms with Crippen molar-refractivity contribution in [2.75, 3.05) is 77.0 Å². The van der Waals surface area contributed by atoms with Gasteiger partial charge in [-0.25, -0.2) is 18.1 Å². The Balaban J connectivity index is 0.916. The van der Waals surface area contributed by atoms with E-state index in [-0.39, 0.29) is 40.9 Å². The number of allylic oxidation sites excluding steroid dienone is 1. The van der Waals surface area contributed by atoms with Crippen LogP contribution in [0, 0.1) is 21.4 Å². The Morgan fingerprint density at radius 1 is 0.985 bits per heavy atom. The molecule has 2 aromatic heterocycles. The van der Waals surface area contributed by atoms with E-state index in [0.717, 1.165) is 61.1 Å². The SMILES string of the molecule is CCC(=O)N1CCN(C[C@H]2COc3cc(S(=O)(=O)NC(=O)c4ccc(N5CCN(CC6=C(c7ccc(Cl)cc7)CC(C)(C)CC6)CC5)cc4Oc4cnc5[nH]ccc5c4)cc([N+](=O)[O-])c3C2)CC1. The molecule has 16 nitrogen and oxygen atoms in total. The molecule has 4 aliphatic rings. The molecule has 5 aromatic rings. The summed E-state index contributed by atoms with van der Waals surface area (Å²) in [6.07, 6.45) is 7.21. The van der Waals surface area contributed by atoms with Gasteiger partial charge >= 0.3 is 0 Å². The molecule has 358 valence electrons. The van der Waals surface area contributed by atoms with Crippen LogP contribution in [-0.4, -0.2) is 122 Å². The highest BCUT2D eigenvalue weighted by atomic mass is 35.5. The summed E-state index contributed by atoms with van der Waals surface area (Å²) in [7, 11) is -4.66. The number of carbonyl (C=O) groups is 2. The van der Waals surface area contributed by atoms with Crippen LogP contribution in [0.1, 0.15) is 67.9 Å². The number of hydrogen-bond donors (Lipinski definition) is 2. The van der Waals surface area contributed by atoms with Gasteiger partial charge in [0.05, 0.1) is 33.7 Å². The van der Waals surface area contributed by atoms with Gasteiger partial charge in [-0.1, -0.05) is 50.1 Å². The van der Waals surface area contributed by atoms with Gasteiger partial charge in [0, 0.05) is 118 Å². The molecule has 2 N–H and O–H groups in total. The van der Waals surface area contributed by atoms with Crippen LogP contribution in [0.25, 0.3) is 16.6 Å². The fourth-order valence-electron chi connectivity index (χ4n) is 9.92. The van der Waals surface area contributed by atoms with Gasteiger partial charge in [-0.15, -0.1) is 0 Å². The van der Waals surface area contributed by atoms with Crippen LogP contribution in [0.15, 0.2) is 89.6 Å². The number of sulfonamides is 1. The summed E-state index contributed by atoms with van der Waals surface area (Å²) in [5.74, 6) is -0.410. The standard InChI is InChI=1S/C50H57ClN8O8S/c1-4-47(60)58-21-17-55(18-22-58)30-33-23-42-44(59(62)63)26-40(27-45(42)66-32-33)68(64,65)54-49(61)41-10-9-38(25-46(41)67-39-24-35-12-14-52-48(35)53-29-39)57-19-15-56(16-20-57)31-36-11-13-50(2,3)28-43(36)34-5-7-37(51)8-6-34/h5-10,12,14,24-27,29,33H,4,11,13,15-23,28,30-32H2,1-3H3,(H,52,53)(H,54,61)/t33-/m0/s1. The van der Waals surface area contributed by atoms with Crippen molar-refractivity contribution in [2.45, 2.75) is 57.8 Å². The third-order valence-corrected chi connectivity index (χ3v) is 15.3. The van der Waals surface area contributed by atoms with Crippen molar-refractivity contribution in [3.8, 4) is 17.2 Å². The number of fused-ring (bicyclic) bond motifs is 2. The molecule has 0 bridgehead atoms. The first-order valence-corrected chi connectivity index (χ1v) is 25.2. The summed E-state index contributed by atoms with van der Waals surface area (Å²) < 4.78 is 42.5. The molecule has 68 heavy (non-hydrogen) atoms. The van der Waals surface area contributed by atoms with E-state index in [1.54, 1.807) is 24.4 Å². The second-order valence-electron chi connectivity index (χ2n) is 19.1. The maximum absolute atomic E-state index is 14.1. The number of piperazine rings is 2. The molecular weight excluding hydrogens is 908 g/mol. The summed E-state index contributed by atoms with van der Waals surface area (Å²) in [6.45, 7) is 13.9. The lowest BCUT2D eigenvalue weighted by Gasteiger charge is -2.39. The highest BCUT2D eigenvalue weighted by Crippen LogP contribution is 2.44. The number of rotatable bonds is 13. The Hall–Kier alpha value is -6.01. The molecule has 1 atom stereocenters. The van der Waals surface area contributed by atoms with E-state index in [2.05, 4.69) is 55.4 Å². The van der Waals surface area contributed by atoms with Gasteiger partial charge in [0.1, 0.15) is 22.9 Å². The fraction of sp³-hybridized carbons (Fsp3) is 0.420. The molecule has 0 unspecified atom stereocenters. The van der Waals surface area contributed by atoms with Crippen molar-refractivity contribution in [2.24, 2.45) is 11.3 Å². The Morgan fingerprint density at radius 3 is 2.47 bits per heavy atom. The number of nitro groups is 1. The molecule has 3 aromatic carbocycles. The largest absolute Gasteiger partial charge is 0.493 e. The summed E-state index contributed by atoms with van der Waals surface area (Å²) in [6, 6.07) is 19.1. The molecule has 0 radical (unpaired) electrons. The molecule has 18 heteroatoms. The number of benzene rings is 3. The van der Waals surface area contributed by atoms with Crippen LogP contribution < -0.4 is 19.1 Å². The highest BCUT2D eigenvalue weighted by molar-refractivity contribution is 7.90. The van der Waals surface area contributed by atoms with Gasteiger partial charge in [-0.3, -0.25) is 29.5 Å². The smallest absolute Gasteiger partial charge is 0.277 e. The summed E-state index contributed by atoms with van der Waals surface area (Å²) in [5, 5.41) is 14.0. The predicted molar refractivity (Wildman–Crippen MR) is 261 cm³/mol. The number of amides is 2. The first-order chi connectivity index (χ1) is 32.6. The van der Waals surface area contributed by atoms with Gasteiger partial charge in [-0.05, 0) is 78.6 Å². The summed E-state index contributed by atoms with van der Waals surface area (Å²) >= 11 is 6.25. The van der Waals surface area contributed by atoms with Crippen LogP contribution in [0.2, 0.25) is 5.02 Å². The Kier molecular flexibility index (Phi) is 13.5. The molecule has 3 aliphatic heterocycles. The number of H-pyrrole nitrogens is 1. The minimum atomic E-state index is -4.66. The van der Waals surface area contributed by atoms with Crippen molar-refractivity contribution >= 4 is 61.4 Å². The van der Waals surface area contributed by atoms with Crippen molar-refractivity contribution in [1.82, 2.24) is 29.4 Å². The van der Waals surface area contributed by atoms with E-state index in [4.69, 9.17) is 21.1 Å². The third kappa shape index (κ3) is 10.5. The molecule has 9 rings (SSSR count). The lowest BCUT2D eigenvalue weighted by molar-refractivity contribution is -0.386. The monoisotopic (exact) mass is 964 g/mol. The van der Waals surface area contributed by atoms with E-state index in [1.807, 2.05) is 30.0 Å². The normalized spacial score (nSPS) is 19.1. The molecular formula is C50H57ClN8O8S. The first-order valence-electron chi connectivity index (χ1n) is 23.3. The Labute approximate surface area is 401 Å². The molecule has 5 heterocycles. The zero-order valence-corrected chi connectivity index (χ0v) is 40.2. The number of nitro benzene ring substituents is 1. The molecule has 2 fully saturated rings. The van der Waals surface area contributed by atoms with E-state index < -0.39 is 31.4 Å². The second-order valence-corrected chi connectivity index (χ2v) is 21.2. The number of anilines is 1. The third-order valence-electron chi connectivity index (χ3n) is 13.7. The van der Waals surface area contributed by atoms with Crippen molar-refractivity contribution in [3.63, 3.8) is 0 Å². The number of hydrogen-bond acceptors (Lipinski definition) is 12. The molecule has 2 saturated heterocycles.